The van der Waals surface area contributed by atoms with Crippen LogP contribution in [-0.4, -0.2) is 16.3 Å². The molecule has 0 bridgehead atoms. The number of aryl methyl sites for hydroxylation is 1. The summed E-state index contributed by atoms with van der Waals surface area (Å²) < 4.78 is 1.06. The Bertz CT molecular complexity index is 728. The highest BCUT2D eigenvalue weighted by Gasteiger charge is 2.08. The third-order valence-corrected chi connectivity index (χ3v) is 4.46. The first-order valence-corrected chi connectivity index (χ1v) is 7.10. The van der Waals surface area contributed by atoms with Crippen molar-refractivity contribution in [3.05, 3.63) is 40.2 Å². The van der Waals surface area contributed by atoms with Crippen LogP contribution in [-0.2, 0) is 0 Å². The van der Waals surface area contributed by atoms with Gasteiger partial charge in [0, 0.05) is 15.5 Å². The Hall–Kier alpha value is -1.72. The van der Waals surface area contributed by atoms with Crippen molar-refractivity contribution in [3.63, 3.8) is 0 Å². The van der Waals surface area contributed by atoms with Crippen molar-refractivity contribution >= 4 is 44.1 Å². The van der Waals surface area contributed by atoms with Crippen LogP contribution in [0.2, 0.25) is 0 Å². The number of thiazole rings is 1. The average Bonchev–Trinajstić information content (AvgIpc) is 2.92. The number of hydrogen-bond donors (Lipinski definition) is 1. The molecule has 0 aliphatic heterocycles. The van der Waals surface area contributed by atoms with Gasteiger partial charge in [0.1, 0.15) is 5.75 Å². The van der Waals surface area contributed by atoms with Gasteiger partial charge in [-0.25, -0.2) is 9.98 Å². The van der Waals surface area contributed by atoms with Gasteiger partial charge >= 0.3 is 0 Å². The lowest BCUT2D eigenvalue weighted by atomic mass is 10.2. The molecule has 0 unspecified atom stereocenters. The number of nitrogens with zero attached hydrogens (tertiary/aromatic N) is 2. The van der Waals surface area contributed by atoms with E-state index in [2.05, 4.69) is 9.98 Å². The first-order chi connectivity index (χ1) is 8.74. The van der Waals surface area contributed by atoms with Gasteiger partial charge in [-0.05, 0) is 19.1 Å². The number of hydrogen-bond acceptors (Lipinski definition) is 5. The molecule has 2 heterocycles. The molecule has 18 heavy (non-hydrogen) atoms. The second-order valence-corrected chi connectivity index (χ2v) is 5.76. The molecule has 90 valence electrons. The molecule has 0 radical (unpaired) electrons. The largest absolute Gasteiger partial charge is 0.506 e. The molecule has 1 N–H and O–H groups in total. The minimum atomic E-state index is 0.299. The van der Waals surface area contributed by atoms with Crippen LogP contribution in [0.3, 0.4) is 0 Å². The fourth-order valence-electron chi connectivity index (χ4n) is 1.65. The summed E-state index contributed by atoms with van der Waals surface area (Å²) in [5, 5.41) is 13.6. The van der Waals surface area contributed by atoms with Crippen LogP contribution in [0, 0.1) is 6.92 Å². The van der Waals surface area contributed by atoms with Crippen molar-refractivity contribution in [3.8, 4) is 5.75 Å². The molecular formula is C13H10N2OS2. The van der Waals surface area contributed by atoms with E-state index in [4.69, 9.17) is 0 Å². The first kappa shape index (κ1) is 11.4. The van der Waals surface area contributed by atoms with Crippen LogP contribution < -0.4 is 0 Å². The normalized spacial score (nSPS) is 11.6. The van der Waals surface area contributed by atoms with Crippen LogP contribution in [0.25, 0.3) is 10.1 Å². The highest BCUT2D eigenvalue weighted by Crippen LogP contribution is 2.35. The Kier molecular flexibility index (Phi) is 2.85. The van der Waals surface area contributed by atoms with E-state index in [0.717, 1.165) is 20.7 Å². The Balaban J connectivity index is 2.00. The summed E-state index contributed by atoms with van der Waals surface area (Å²) >= 11 is 3.02. The quantitative estimate of drug-likeness (QED) is 0.714. The maximum absolute atomic E-state index is 10.1. The standard InChI is InChI=1S/C13H10N2OS2/c1-8-7-17-13(15-8)14-6-11-12(16)9-4-2-3-5-10(9)18-11/h2-7,16H,1H3. The number of aromatic nitrogens is 1. The molecule has 1 aromatic carbocycles. The van der Waals surface area contributed by atoms with Gasteiger partial charge in [0.2, 0.25) is 5.13 Å². The Morgan fingerprint density at radius 1 is 1.33 bits per heavy atom. The van der Waals surface area contributed by atoms with Crippen molar-refractivity contribution in [1.29, 1.82) is 0 Å². The van der Waals surface area contributed by atoms with E-state index in [9.17, 15) is 5.11 Å². The summed E-state index contributed by atoms with van der Waals surface area (Å²) in [7, 11) is 0. The van der Waals surface area contributed by atoms with Crippen molar-refractivity contribution in [1.82, 2.24) is 4.98 Å². The molecule has 0 saturated heterocycles. The van der Waals surface area contributed by atoms with Crippen LogP contribution in [0.1, 0.15) is 10.6 Å². The molecule has 3 rings (SSSR count). The third-order valence-electron chi connectivity index (χ3n) is 2.49. The van der Waals surface area contributed by atoms with Crippen LogP contribution in [0.4, 0.5) is 5.13 Å². The van der Waals surface area contributed by atoms with Gasteiger partial charge in [0.25, 0.3) is 0 Å². The van der Waals surface area contributed by atoms with Crippen LogP contribution in [0.5, 0.6) is 5.75 Å². The molecule has 0 aliphatic rings. The summed E-state index contributed by atoms with van der Waals surface area (Å²) in [6.07, 6.45) is 1.68. The Labute approximate surface area is 112 Å². The van der Waals surface area contributed by atoms with E-state index in [-0.39, 0.29) is 0 Å². The maximum atomic E-state index is 10.1. The fourth-order valence-corrected chi connectivity index (χ4v) is 3.26. The van der Waals surface area contributed by atoms with Gasteiger partial charge in [0.15, 0.2) is 0 Å². The number of aliphatic imine (C=N–C) groups is 1. The molecule has 0 fully saturated rings. The molecular weight excluding hydrogens is 264 g/mol. The van der Waals surface area contributed by atoms with Gasteiger partial charge in [-0.2, -0.15) is 0 Å². The number of thiophene rings is 1. The molecule has 0 saturated carbocycles. The zero-order valence-corrected chi connectivity index (χ0v) is 11.3. The van der Waals surface area contributed by atoms with Gasteiger partial charge in [-0.15, -0.1) is 22.7 Å². The van der Waals surface area contributed by atoms with Gasteiger partial charge in [0.05, 0.1) is 16.8 Å². The predicted molar refractivity (Wildman–Crippen MR) is 77.6 cm³/mol. The van der Waals surface area contributed by atoms with Crippen LogP contribution in [0.15, 0.2) is 34.6 Å². The maximum Gasteiger partial charge on any atom is 0.209 e. The van der Waals surface area contributed by atoms with E-state index < -0.39 is 0 Å². The average molecular weight is 274 g/mol. The highest BCUT2D eigenvalue weighted by atomic mass is 32.1. The Morgan fingerprint density at radius 2 is 2.17 bits per heavy atom. The SMILES string of the molecule is Cc1csc(N=Cc2sc3ccccc3c2O)n1. The lowest BCUT2D eigenvalue weighted by Crippen LogP contribution is -1.74. The van der Waals surface area contributed by atoms with Gasteiger partial charge < -0.3 is 5.11 Å². The molecule has 0 spiro atoms. The summed E-state index contributed by atoms with van der Waals surface area (Å²) in [4.78, 5) is 9.31. The minimum Gasteiger partial charge on any atom is -0.506 e. The van der Waals surface area contributed by atoms with E-state index in [1.165, 1.54) is 22.7 Å². The summed E-state index contributed by atoms with van der Waals surface area (Å²) in [5.41, 5.74) is 0.965. The molecule has 3 nitrogen and oxygen atoms in total. The monoisotopic (exact) mass is 274 g/mol. The van der Waals surface area contributed by atoms with Crippen LogP contribution >= 0.6 is 22.7 Å². The molecule has 0 aliphatic carbocycles. The van der Waals surface area contributed by atoms with Crippen molar-refractivity contribution in [2.24, 2.45) is 4.99 Å². The fraction of sp³-hybridized carbons (Fsp3) is 0.0769. The lowest BCUT2D eigenvalue weighted by molar-refractivity contribution is 0.483. The van der Waals surface area contributed by atoms with Crippen molar-refractivity contribution < 1.29 is 5.11 Å². The van der Waals surface area contributed by atoms with Gasteiger partial charge in [-0.3, -0.25) is 0 Å². The van der Waals surface area contributed by atoms with E-state index >= 15 is 0 Å². The van der Waals surface area contributed by atoms with Crippen molar-refractivity contribution in [2.45, 2.75) is 6.92 Å². The lowest BCUT2D eigenvalue weighted by Gasteiger charge is -1.89. The topological polar surface area (TPSA) is 45.5 Å². The second-order valence-electron chi connectivity index (χ2n) is 3.84. The second kappa shape index (κ2) is 4.51. The summed E-state index contributed by atoms with van der Waals surface area (Å²) in [6, 6.07) is 7.78. The highest BCUT2D eigenvalue weighted by molar-refractivity contribution is 7.21. The Morgan fingerprint density at radius 3 is 2.89 bits per heavy atom. The predicted octanol–water partition coefficient (Wildman–Crippen LogP) is 4.12. The summed E-state index contributed by atoms with van der Waals surface area (Å²) in [5.74, 6) is 0.299. The number of fused-ring (bicyclic) bond motifs is 1. The molecule has 0 amide bonds. The number of aromatic hydroxyl groups is 1. The third kappa shape index (κ3) is 2.02. The molecule has 0 atom stereocenters. The zero-order valence-electron chi connectivity index (χ0n) is 9.62. The molecule has 2 aromatic heterocycles. The zero-order chi connectivity index (χ0) is 12.5. The van der Waals surface area contributed by atoms with E-state index in [0.29, 0.717) is 10.9 Å². The smallest absolute Gasteiger partial charge is 0.209 e. The first-order valence-electron chi connectivity index (χ1n) is 5.41. The molecule has 5 heteroatoms. The number of benzene rings is 1. The van der Waals surface area contributed by atoms with Gasteiger partial charge in [-0.1, -0.05) is 12.1 Å². The van der Waals surface area contributed by atoms with E-state index in [1.807, 2.05) is 36.6 Å². The van der Waals surface area contributed by atoms with Crippen molar-refractivity contribution in [2.75, 3.05) is 0 Å². The summed E-state index contributed by atoms with van der Waals surface area (Å²) in [6.45, 7) is 1.94. The molecule has 3 aromatic rings. The minimum absolute atomic E-state index is 0.299. The van der Waals surface area contributed by atoms with E-state index in [1.54, 1.807) is 6.21 Å². The number of rotatable bonds is 2.